The number of nitrogens with one attached hydrogen (secondary N) is 1. The number of hydrogen-bond acceptors (Lipinski definition) is 4. The van der Waals surface area contributed by atoms with E-state index in [4.69, 9.17) is 0 Å². The maximum absolute atomic E-state index is 12.5. The van der Waals surface area contributed by atoms with Gasteiger partial charge in [-0.1, -0.05) is 25.1 Å². The van der Waals surface area contributed by atoms with Crippen molar-refractivity contribution < 1.29 is 4.79 Å². The molecule has 0 spiro atoms. The van der Waals surface area contributed by atoms with Gasteiger partial charge in [-0.25, -0.2) is 0 Å². The van der Waals surface area contributed by atoms with Gasteiger partial charge in [0.15, 0.2) is 0 Å². The number of rotatable bonds is 7. The molecule has 0 radical (unpaired) electrons. The first-order chi connectivity index (χ1) is 12.2. The van der Waals surface area contributed by atoms with Crippen LogP contribution < -0.4 is 5.32 Å². The minimum Gasteiger partial charge on any atom is -0.350 e. The van der Waals surface area contributed by atoms with Crippen molar-refractivity contribution in [3.05, 3.63) is 59.1 Å². The Morgan fingerprint density at radius 3 is 2.88 bits per heavy atom. The van der Waals surface area contributed by atoms with E-state index in [1.807, 2.05) is 41.9 Å². The summed E-state index contributed by atoms with van der Waals surface area (Å²) in [6, 6.07) is 13.9. The fourth-order valence-corrected chi connectivity index (χ4v) is 4.07. The molecule has 4 nitrogen and oxygen atoms in total. The van der Waals surface area contributed by atoms with Crippen LogP contribution in [0, 0.1) is 6.92 Å². The summed E-state index contributed by atoms with van der Waals surface area (Å²) < 4.78 is 1.95. The minimum absolute atomic E-state index is 0.0279. The van der Waals surface area contributed by atoms with Crippen molar-refractivity contribution in [1.82, 2.24) is 15.1 Å². The molecular formula is C19H21N3OS2. The van der Waals surface area contributed by atoms with Crippen molar-refractivity contribution in [2.45, 2.75) is 25.3 Å². The lowest BCUT2D eigenvalue weighted by atomic mass is 10.2. The van der Waals surface area contributed by atoms with Gasteiger partial charge in [-0.2, -0.15) is 5.10 Å². The molecule has 0 saturated carbocycles. The molecule has 1 aromatic carbocycles. The number of aryl methyl sites for hydroxylation is 1. The van der Waals surface area contributed by atoms with Gasteiger partial charge in [0.2, 0.25) is 0 Å². The van der Waals surface area contributed by atoms with E-state index in [0.717, 1.165) is 32.5 Å². The second-order valence-corrected chi connectivity index (χ2v) is 7.81. The maximum Gasteiger partial charge on any atom is 0.252 e. The third-order valence-electron chi connectivity index (χ3n) is 3.80. The first-order valence-electron chi connectivity index (χ1n) is 8.27. The summed E-state index contributed by atoms with van der Waals surface area (Å²) in [5.74, 6) is 0.919. The van der Waals surface area contributed by atoms with Crippen LogP contribution in [-0.2, 0) is 6.54 Å². The van der Waals surface area contributed by atoms with Crippen molar-refractivity contribution in [2.75, 3.05) is 12.3 Å². The molecule has 0 unspecified atom stereocenters. The van der Waals surface area contributed by atoms with Crippen LogP contribution in [-0.4, -0.2) is 28.0 Å². The smallest absolute Gasteiger partial charge is 0.252 e. The quantitative estimate of drug-likeness (QED) is 0.624. The van der Waals surface area contributed by atoms with Gasteiger partial charge in [0.05, 0.1) is 17.0 Å². The molecule has 3 rings (SSSR count). The van der Waals surface area contributed by atoms with E-state index < -0.39 is 0 Å². The number of amides is 1. The second-order valence-electron chi connectivity index (χ2n) is 5.56. The summed E-state index contributed by atoms with van der Waals surface area (Å²) in [4.78, 5) is 14.6. The van der Waals surface area contributed by atoms with E-state index in [2.05, 4.69) is 34.9 Å². The van der Waals surface area contributed by atoms with Crippen molar-refractivity contribution >= 4 is 29.0 Å². The van der Waals surface area contributed by atoms with Crippen LogP contribution in [0.3, 0.4) is 0 Å². The summed E-state index contributed by atoms with van der Waals surface area (Å²) in [5.41, 5.74) is 2.83. The normalized spacial score (nSPS) is 10.8. The molecule has 2 heterocycles. The van der Waals surface area contributed by atoms with Gasteiger partial charge in [-0.15, -0.1) is 23.1 Å². The number of benzene rings is 1. The van der Waals surface area contributed by atoms with Crippen molar-refractivity contribution in [2.24, 2.45) is 0 Å². The molecule has 2 aromatic heterocycles. The lowest BCUT2D eigenvalue weighted by Gasteiger charge is -2.10. The third kappa shape index (κ3) is 4.32. The molecule has 3 aromatic rings. The van der Waals surface area contributed by atoms with E-state index in [9.17, 15) is 4.79 Å². The number of nitrogens with zero attached hydrogens (tertiary/aromatic N) is 2. The Morgan fingerprint density at radius 1 is 1.28 bits per heavy atom. The van der Waals surface area contributed by atoms with E-state index in [-0.39, 0.29) is 5.91 Å². The lowest BCUT2D eigenvalue weighted by molar-refractivity contribution is 0.0949. The molecule has 6 heteroatoms. The Morgan fingerprint density at radius 2 is 2.12 bits per heavy atom. The van der Waals surface area contributed by atoms with Crippen LogP contribution in [0.5, 0.6) is 0 Å². The van der Waals surface area contributed by atoms with Gasteiger partial charge < -0.3 is 5.32 Å². The van der Waals surface area contributed by atoms with E-state index in [1.54, 1.807) is 23.1 Å². The van der Waals surface area contributed by atoms with Crippen LogP contribution in [0.1, 0.15) is 23.0 Å². The van der Waals surface area contributed by atoms with Gasteiger partial charge in [0, 0.05) is 17.1 Å². The first kappa shape index (κ1) is 17.8. The van der Waals surface area contributed by atoms with Crippen LogP contribution in [0.4, 0.5) is 0 Å². The number of thiophene rings is 1. The summed E-state index contributed by atoms with van der Waals surface area (Å²) in [6.07, 6.45) is 0. The third-order valence-corrected chi connectivity index (χ3v) is 5.64. The molecule has 1 amide bonds. The van der Waals surface area contributed by atoms with Gasteiger partial charge in [0.1, 0.15) is 5.69 Å². The largest absolute Gasteiger partial charge is 0.350 e. The van der Waals surface area contributed by atoms with Gasteiger partial charge in [-0.05, 0) is 42.3 Å². The summed E-state index contributed by atoms with van der Waals surface area (Å²) in [5, 5.41) is 9.70. The van der Waals surface area contributed by atoms with Gasteiger partial charge in [-0.3, -0.25) is 9.48 Å². The van der Waals surface area contributed by atoms with Crippen LogP contribution >= 0.6 is 23.1 Å². The fourth-order valence-electron chi connectivity index (χ4n) is 2.59. The molecule has 130 valence electrons. The zero-order chi connectivity index (χ0) is 17.6. The Bertz CT molecular complexity index is 840. The number of carbonyl (C=O) groups is 1. The summed E-state index contributed by atoms with van der Waals surface area (Å²) in [6.45, 7) is 5.34. The average molecular weight is 372 g/mol. The van der Waals surface area contributed by atoms with E-state index >= 15 is 0 Å². The highest BCUT2D eigenvalue weighted by molar-refractivity contribution is 7.99. The van der Waals surface area contributed by atoms with Crippen LogP contribution in [0.25, 0.3) is 10.6 Å². The number of hydrogen-bond donors (Lipinski definition) is 1. The zero-order valence-electron chi connectivity index (χ0n) is 14.4. The zero-order valence-corrected chi connectivity index (χ0v) is 16.0. The Labute approximate surface area is 156 Å². The van der Waals surface area contributed by atoms with Crippen molar-refractivity contribution in [3.63, 3.8) is 0 Å². The number of aromatic nitrogens is 2. The van der Waals surface area contributed by atoms with E-state index in [0.29, 0.717) is 13.1 Å². The van der Waals surface area contributed by atoms with Crippen LogP contribution in [0.2, 0.25) is 0 Å². The summed E-state index contributed by atoms with van der Waals surface area (Å²) in [7, 11) is 0. The predicted molar refractivity (Wildman–Crippen MR) is 105 cm³/mol. The number of thioether (sulfide) groups is 1. The molecule has 25 heavy (non-hydrogen) atoms. The average Bonchev–Trinajstić information content (AvgIpc) is 3.26. The molecule has 0 atom stereocenters. The van der Waals surface area contributed by atoms with Crippen molar-refractivity contribution in [3.8, 4) is 10.6 Å². The molecular weight excluding hydrogens is 350 g/mol. The number of carbonyl (C=O) groups excluding carboxylic acids is 1. The molecule has 0 fully saturated rings. The Hall–Kier alpha value is -2.05. The SMILES string of the molecule is CCSc1ccccc1C(=O)NCCn1nc(-c2cccs2)cc1C. The van der Waals surface area contributed by atoms with E-state index in [1.165, 1.54) is 0 Å². The summed E-state index contributed by atoms with van der Waals surface area (Å²) >= 11 is 3.37. The Balaban J connectivity index is 1.61. The molecule has 0 bridgehead atoms. The topological polar surface area (TPSA) is 46.9 Å². The fraction of sp³-hybridized carbons (Fsp3) is 0.263. The molecule has 0 aliphatic carbocycles. The Kier molecular flexibility index (Phi) is 5.94. The highest BCUT2D eigenvalue weighted by atomic mass is 32.2. The predicted octanol–water partition coefficient (Wildman–Crippen LogP) is 4.46. The second kappa shape index (κ2) is 8.36. The minimum atomic E-state index is -0.0279. The maximum atomic E-state index is 12.5. The highest BCUT2D eigenvalue weighted by Crippen LogP contribution is 2.24. The molecule has 1 N–H and O–H groups in total. The highest BCUT2D eigenvalue weighted by Gasteiger charge is 2.11. The van der Waals surface area contributed by atoms with Crippen LogP contribution in [0.15, 0.2) is 52.7 Å². The van der Waals surface area contributed by atoms with Crippen molar-refractivity contribution in [1.29, 1.82) is 0 Å². The standard InChI is InChI=1S/C19H21N3OS2/c1-3-24-17-8-5-4-7-15(17)19(23)20-10-11-22-14(2)13-16(21-22)18-9-6-12-25-18/h4-9,12-13H,3,10-11H2,1-2H3,(H,20,23). The lowest BCUT2D eigenvalue weighted by Crippen LogP contribution is -2.28. The molecule has 0 aliphatic rings. The first-order valence-corrected chi connectivity index (χ1v) is 10.1. The monoisotopic (exact) mass is 371 g/mol. The van der Waals surface area contributed by atoms with Gasteiger partial charge in [0.25, 0.3) is 5.91 Å². The van der Waals surface area contributed by atoms with Gasteiger partial charge >= 0.3 is 0 Å². The molecule has 0 aliphatic heterocycles. The molecule has 0 saturated heterocycles.